The molecule has 0 saturated heterocycles. The average molecular weight is 353 g/mol. The van der Waals surface area contributed by atoms with Gasteiger partial charge in [-0.2, -0.15) is 0 Å². The number of methoxy groups -OCH3 is 1. The van der Waals surface area contributed by atoms with Crippen molar-refractivity contribution in [3.63, 3.8) is 0 Å². The summed E-state index contributed by atoms with van der Waals surface area (Å²) in [4.78, 5) is 14.9. The monoisotopic (exact) mass is 353 g/mol. The van der Waals surface area contributed by atoms with E-state index in [4.69, 9.17) is 14.2 Å². The molecule has 5 heteroatoms. The predicted octanol–water partition coefficient (Wildman–Crippen LogP) is 3.62. The van der Waals surface area contributed by atoms with E-state index in [0.29, 0.717) is 25.3 Å². The smallest absolute Gasteiger partial charge is 0.254 e. The van der Waals surface area contributed by atoms with Crippen LogP contribution in [0, 0.1) is 0 Å². The first-order valence-corrected chi connectivity index (χ1v) is 9.05. The first kappa shape index (κ1) is 16.8. The van der Waals surface area contributed by atoms with E-state index in [-0.39, 0.29) is 11.9 Å². The van der Waals surface area contributed by atoms with Crippen molar-refractivity contribution in [1.29, 1.82) is 0 Å². The summed E-state index contributed by atoms with van der Waals surface area (Å²) in [6.07, 6.45) is 1.70. The second kappa shape index (κ2) is 6.90. The molecular weight excluding hydrogens is 330 g/mol. The minimum atomic E-state index is -0.00879. The summed E-state index contributed by atoms with van der Waals surface area (Å²) in [5.74, 6) is 2.39. The fraction of sp³-hybridized carbons (Fsp3) is 0.381. The first-order chi connectivity index (χ1) is 12.7. The van der Waals surface area contributed by atoms with E-state index in [1.54, 1.807) is 7.11 Å². The Morgan fingerprint density at radius 3 is 2.50 bits per heavy atom. The number of ether oxygens (including phenoxy) is 3. The highest BCUT2D eigenvalue weighted by molar-refractivity contribution is 5.94. The Labute approximate surface area is 153 Å². The van der Waals surface area contributed by atoms with Crippen molar-refractivity contribution in [2.24, 2.45) is 0 Å². The molecule has 4 rings (SSSR count). The van der Waals surface area contributed by atoms with Crippen molar-refractivity contribution >= 4 is 5.91 Å². The van der Waals surface area contributed by atoms with Gasteiger partial charge in [0.1, 0.15) is 5.75 Å². The number of fused-ring (bicyclic) bond motifs is 2. The summed E-state index contributed by atoms with van der Waals surface area (Å²) < 4.78 is 16.8. The van der Waals surface area contributed by atoms with E-state index in [9.17, 15) is 4.79 Å². The summed E-state index contributed by atoms with van der Waals surface area (Å²) >= 11 is 0. The highest BCUT2D eigenvalue weighted by Crippen LogP contribution is 2.39. The van der Waals surface area contributed by atoms with Gasteiger partial charge in [0.15, 0.2) is 11.5 Å². The standard InChI is InChI=1S/C21H23NO4/c1-14-18-13-20-19(25-10-3-11-26-20)12-16(18)8-9-22(14)21(23)15-4-6-17(24-2)7-5-15/h4-7,12-14H,3,8-11H2,1-2H3. The Hall–Kier alpha value is -2.69. The van der Waals surface area contributed by atoms with Gasteiger partial charge in [-0.3, -0.25) is 4.79 Å². The molecule has 0 aliphatic carbocycles. The Balaban J connectivity index is 1.61. The molecule has 2 aliphatic rings. The van der Waals surface area contributed by atoms with Gasteiger partial charge in [0.05, 0.1) is 26.4 Å². The molecule has 136 valence electrons. The van der Waals surface area contributed by atoms with Crippen LogP contribution in [0.2, 0.25) is 0 Å². The molecule has 2 aromatic rings. The lowest BCUT2D eigenvalue weighted by Crippen LogP contribution is -2.38. The molecule has 2 heterocycles. The predicted molar refractivity (Wildman–Crippen MR) is 98.2 cm³/mol. The fourth-order valence-electron chi connectivity index (χ4n) is 3.65. The Morgan fingerprint density at radius 1 is 1.12 bits per heavy atom. The molecule has 1 atom stereocenters. The summed E-state index contributed by atoms with van der Waals surface area (Å²) in [7, 11) is 1.62. The van der Waals surface area contributed by atoms with Crippen LogP contribution in [0.25, 0.3) is 0 Å². The summed E-state index contributed by atoms with van der Waals surface area (Å²) in [5, 5.41) is 0. The number of amides is 1. The Bertz CT molecular complexity index is 816. The van der Waals surface area contributed by atoms with E-state index < -0.39 is 0 Å². The lowest BCUT2D eigenvalue weighted by Gasteiger charge is -2.36. The van der Waals surface area contributed by atoms with Crippen LogP contribution >= 0.6 is 0 Å². The molecule has 0 radical (unpaired) electrons. The number of carbonyl (C=O) groups is 1. The van der Waals surface area contributed by atoms with Gasteiger partial charge in [-0.15, -0.1) is 0 Å². The first-order valence-electron chi connectivity index (χ1n) is 9.05. The van der Waals surface area contributed by atoms with Gasteiger partial charge in [0.2, 0.25) is 0 Å². The molecule has 0 saturated carbocycles. The zero-order chi connectivity index (χ0) is 18.1. The van der Waals surface area contributed by atoms with Gasteiger partial charge >= 0.3 is 0 Å². The molecule has 0 N–H and O–H groups in total. The molecule has 0 bridgehead atoms. The van der Waals surface area contributed by atoms with Crippen molar-refractivity contribution in [2.75, 3.05) is 26.9 Å². The second-order valence-electron chi connectivity index (χ2n) is 6.70. The number of benzene rings is 2. The molecule has 0 spiro atoms. The molecule has 0 fully saturated rings. The summed E-state index contributed by atoms with van der Waals surface area (Å²) in [5.41, 5.74) is 3.05. The third-order valence-electron chi connectivity index (χ3n) is 5.15. The Morgan fingerprint density at radius 2 is 1.81 bits per heavy atom. The van der Waals surface area contributed by atoms with Crippen LogP contribution in [0.4, 0.5) is 0 Å². The van der Waals surface area contributed by atoms with Crippen molar-refractivity contribution in [1.82, 2.24) is 4.90 Å². The maximum Gasteiger partial charge on any atom is 0.254 e. The van der Waals surface area contributed by atoms with Crippen LogP contribution in [0.1, 0.15) is 40.9 Å². The maximum atomic E-state index is 13.0. The number of carbonyl (C=O) groups excluding carboxylic acids is 1. The third-order valence-corrected chi connectivity index (χ3v) is 5.15. The van der Waals surface area contributed by atoms with Gasteiger partial charge in [0, 0.05) is 18.5 Å². The Kier molecular flexibility index (Phi) is 4.45. The molecule has 1 unspecified atom stereocenters. The molecule has 1 amide bonds. The van der Waals surface area contributed by atoms with E-state index in [1.165, 1.54) is 5.56 Å². The lowest BCUT2D eigenvalue weighted by molar-refractivity contribution is 0.0677. The fourth-order valence-corrected chi connectivity index (χ4v) is 3.65. The van der Waals surface area contributed by atoms with Crippen LogP contribution < -0.4 is 14.2 Å². The molecule has 26 heavy (non-hydrogen) atoms. The van der Waals surface area contributed by atoms with Crippen LogP contribution in [-0.4, -0.2) is 37.7 Å². The normalized spacial score (nSPS) is 18.7. The van der Waals surface area contributed by atoms with Crippen molar-refractivity contribution in [3.8, 4) is 17.2 Å². The molecule has 0 aromatic heterocycles. The lowest BCUT2D eigenvalue weighted by atomic mass is 9.92. The number of nitrogens with zero attached hydrogens (tertiary/aromatic N) is 1. The van der Waals surface area contributed by atoms with Crippen molar-refractivity contribution in [2.45, 2.75) is 25.8 Å². The van der Waals surface area contributed by atoms with Crippen LogP contribution in [0.15, 0.2) is 36.4 Å². The molecular formula is C21H23NO4. The van der Waals surface area contributed by atoms with Crippen molar-refractivity contribution < 1.29 is 19.0 Å². The van der Waals surface area contributed by atoms with Gasteiger partial charge in [-0.05, 0) is 60.9 Å². The van der Waals surface area contributed by atoms with Gasteiger partial charge in [-0.25, -0.2) is 0 Å². The summed E-state index contributed by atoms with van der Waals surface area (Å²) in [6.45, 7) is 4.11. The van der Waals surface area contributed by atoms with E-state index >= 15 is 0 Å². The van der Waals surface area contributed by atoms with Crippen LogP contribution in [0.5, 0.6) is 17.2 Å². The van der Waals surface area contributed by atoms with Crippen molar-refractivity contribution in [3.05, 3.63) is 53.1 Å². The van der Waals surface area contributed by atoms with Crippen LogP contribution in [0.3, 0.4) is 0 Å². The topological polar surface area (TPSA) is 48.0 Å². The molecule has 2 aromatic carbocycles. The SMILES string of the molecule is COc1ccc(C(=O)N2CCc3cc4c(cc3C2C)OCCCO4)cc1. The van der Waals surface area contributed by atoms with E-state index in [1.807, 2.05) is 35.2 Å². The highest BCUT2D eigenvalue weighted by atomic mass is 16.5. The zero-order valence-electron chi connectivity index (χ0n) is 15.2. The quantitative estimate of drug-likeness (QED) is 0.827. The zero-order valence-corrected chi connectivity index (χ0v) is 15.2. The van der Waals surface area contributed by atoms with Crippen LogP contribution in [-0.2, 0) is 6.42 Å². The molecule has 5 nitrogen and oxygen atoms in total. The number of rotatable bonds is 2. The largest absolute Gasteiger partial charge is 0.497 e. The maximum absolute atomic E-state index is 13.0. The average Bonchev–Trinajstić information content (AvgIpc) is 2.91. The minimum Gasteiger partial charge on any atom is -0.497 e. The van der Waals surface area contributed by atoms with E-state index in [2.05, 4.69) is 13.0 Å². The number of hydrogen-bond donors (Lipinski definition) is 0. The van der Waals surface area contributed by atoms with Gasteiger partial charge in [-0.1, -0.05) is 0 Å². The van der Waals surface area contributed by atoms with E-state index in [0.717, 1.165) is 35.7 Å². The van der Waals surface area contributed by atoms with Gasteiger partial charge in [0.25, 0.3) is 5.91 Å². The number of hydrogen-bond acceptors (Lipinski definition) is 4. The third kappa shape index (κ3) is 2.98. The highest BCUT2D eigenvalue weighted by Gasteiger charge is 2.30. The van der Waals surface area contributed by atoms with Gasteiger partial charge < -0.3 is 19.1 Å². The minimum absolute atomic E-state index is 0.00879. The second-order valence-corrected chi connectivity index (χ2v) is 6.70. The summed E-state index contributed by atoms with van der Waals surface area (Å²) in [6, 6.07) is 11.4. The molecule has 2 aliphatic heterocycles.